The van der Waals surface area contributed by atoms with Gasteiger partial charge in [0.05, 0.1) is 0 Å². The molecule has 1 aliphatic rings. The van der Waals surface area contributed by atoms with E-state index in [0.29, 0.717) is 38.0 Å². The maximum absolute atomic E-state index is 13.5. The molecule has 1 aliphatic heterocycles. The summed E-state index contributed by atoms with van der Waals surface area (Å²) in [4.78, 5) is 53.7. The van der Waals surface area contributed by atoms with E-state index >= 15 is 0 Å². The van der Waals surface area contributed by atoms with Gasteiger partial charge in [-0.15, -0.1) is 0 Å². The van der Waals surface area contributed by atoms with E-state index in [1.807, 2.05) is 44.2 Å². The second kappa shape index (κ2) is 14.1. The van der Waals surface area contributed by atoms with E-state index in [-0.39, 0.29) is 29.6 Å². The molecule has 41 heavy (non-hydrogen) atoms. The molecule has 222 valence electrons. The molecule has 1 saturated heterocycles. The zero-order valence-corrected chi connectivity index (χ0v) is 24.4. The zero-order chi connectivity index (χ0) is 30.2. The van der Waals surface area contributed by atoms with Crippen LogP contribution in [0, 0.1) is 17.7 Å². The van der Waals surface area contributed by atoms with Gasteiger partial charge in [0, 0.05) is 31.1 Å². The minimum Gasteiger partial charge on any atom is -0.444 e. The van der Waals surface area contributed by atoms with Crippen LogP contribution in [0.15, 0.2) is 54.6 Å². The SMILES string of the molecule is CC(C)C(NC(=O)C1CCN(C(=O)C(Cc2ccccc2)NC(=O)OC(C)(C)C)CC1)C(=O)Nc1ccc(F)cc1. The van der Waals surface area contributed by atoms with Crippen molar-refractivity contribution in [3.8, 4) is 0 Å². The van der Waals surface area contributed by atoms with Crippen LogP contribution < -0.4 is 16.0 Å². The predicted molar refractivity (Wildman–Crippen MR) is 154 cm³/mol. The fourth-order valence-corrected chi connectivity index (χ4v) is 4.64. The minimum absolute atomic E-state index is 0.182. The molecule has 2 unspecified atom stereocenters. The van der Waals surface area contributed by atoms with Crippen molar-refractivity contribution in [3.63, 3.8) is 0 Å². The van der Waals surface area contributed by atoms with Crippen LogP contribution in [-0.2, 0) is 25.5 Å². The maximum atomic E-state index is 13.5. The van der Waals surface area contributed by atoms with Crippen LogP contribution >= 0.6 is 0 Å². The molecule has 0 aromatic heterocycles. The average Bonchev–Trinajstić information content (AvgIpc) is 2.91. The topological polar surface area (TPSA) is 117 Å². The smallest absolute Gasteiger partial charge is 0.408 e. The summed E-state index contributed by atoms with van der Waals surface area (Å²) in [6.07, 6.45) is 0.483. The highest BCUT2D eigenvalue weighted by Gasteiger charge is 2.34. The van der Waals surface area contributed by atoms with Crippen LogP contribution in [0.4, 0.5) is 14.9 Å². The highest BCUT2D eigenvalue weighted by molar-refractivity contribution is 5.97. The van der Waals surface area contributed by atoms with E-state index in [4.69, 9.17) is 4.74 Å². The first kappa shape index (κ1) is 31.6. The number of benzene rings is 2. The van der Waals surface area contributed by atoms with Gasteiger partial charge in [-0.3, -0.25) is 14.4 Å². The summed E-state index contributed by atoms with van der Waals surface area (Å²) in [5.41, 5.74) is 0.628. The number of rotatable bonds is 9. The number of nitrogens with one attached hydrogen (secondary N) is 3. The summed E-state index contributed by atoms with van der Waals surface area (Å²) in [5, 5.41) is 8.32. The van der Waals surface area contributed by atoms with Crippen molar-refractivity contribution in [3.05, 3.63) is 66.0 Å². The number of halogens is 1. The van der Waals surface area contributed by atoms with E-state index in [9.17, 15) is 23.6 Å². The van der Waals surface area contributed by atoms with Gasteiger partial charge in [0.2, 0.25) is 17.7 Å². The minimum atomic E-state index is -0.821. The number of piperidine rings is 1. The largest absolute Gasteiger partial charge is 0.444 e. The van der Waals surface area contributed by atoms with Crippen molar-refractivity contribution in [2.75, 3.05) is 18.4 Å². The Labute approximate surface area is 241 Å². The van der Waals surface area contributed by atoms with Crippen LogP contribution in [0.2, 0.25) is 0 Å². The highest BCUT2D eigenvalue weighted by Crippen LogP contribution is 2.20. The number of anilines is 1. The molecule has 2 atom stereocenters. The molecule has 9 nitrogen and oxygen atoms in total. The van der Waals surface area contributed by atoms with Gasteiger partial charge in [0.15, 0.2) is 0 Å². The molecule has 3 rings (SSSR count). The van der Waals surface area contributed by atoms with E-state index in [1.165, 1.54) is 24.3 Å². The second-order valence-corrected chi connectivity index (χ2v) is 11.7. The summed E-state index contributed by atoms with van der Waals surface area (Å²) >= 11 is 0. The van der Waals surface area contributed by atoms with Gasteiger partial charge in [0.1, 0.15) is 23.5 Å². The van der Waals surface area contributed by atoms with E-state index in [2.05, 4.69) is 16.0 Å². The van der Waals surface area contributed by atoms with Crippen molar-refractivity contribution in [1.82, 2.24) is 15.5 Å². The first-order valence-corrected chi connectivity index (χ1v) is 14.0. The Bertz CT molecular complexity index is 1190. The fourth-order valence-electron chi connectivity index (χ4n) is 4.64. The Kier molecular flexibility index (Phi) is 10.9. The third-order valence-corrected chi connectivity index (χ3v) is 6.81. The van der Waals surface area contributed by atoms with Crippen molar-refractivity contribution in [2.45, 2.75) is 71.6 Å². The number of amides is 4. The van der Waals surface area contributed by atoms with Gasteiger partial charge in [-0.25, -0.2) is 9.18 Å². The predicted octanol–water partition coefficient (Wildman–Crippen LogP) is 4.28. The molecular weight excluding hydrogens is 527 g/mol. The van der Waals surface area contributed by atoms with Gasteiger partial charge in [-0.05, 0) is 69.4 Å². The molecule has 2 aromatic rings. The molecule has 0 bridgehead atoms. The number of hydrogen-bond donors (Lipinski definition) is 3. The lowest BCUT2D eigenvalue weighted by atomic mass is 9.93. The second-order valence-electron chi connectivity index (χ2n) is 11.7. The van der Waals surface area contributed by atoms with E-state index in [1.54, 1.807) is 25.7 Å². The molecule has 0 radical (unpaired) electrons. The molecule has 0 saturated carbocycles. The lowest BCUT2D eigenvalue weighted by Gasteiger charge is -2.35. The summed E-state index contributed by atoms with van der Waals surface area (Å²) in [6, 6.07) is 13.2. The Morgan fingerprint density at radius 1 is 0.951 bits per heavy atom. The first-order valence-electron chi connectivity index (χ1n) is 14.0. The lowest BCUT2D eigenvalue weighted by molar-refractivity contribution is -0.138. The van der Waals surface area contributed by atoms with Crippen LogP contribution in [0.1, 0.15) is 53.0 Å². The molecule has 4 amide bonds. The number of ether oxygens (including phenoxy) is 1. The standard InChI is InChI=1S/C31H41FN4O5/c1-20(2)26(28(38)33-24-13-11-23(32)12-14-24)35-27(37)22-15-17-36(18-16-22)29(39)25(19-21-9-7-6-8-10-21)34-30(40)41-31(3,4)5/h6-14,20,22,25-26H,15-19H2,1-5H3,(H,33,38)(H,34,40)(H,35,37). The van der Waals surface area contributed by atoms with Gasteiger partial charge < -0.3 is 25.6 Å². The molecular formula is C31H41FN4O5. The fraction of sp³-hybridized carbons (Fsp3) is 0.484. The third kappa shape index (κ3) is 9.88. The van der Waals surface area contributed by atoms with E-state index in [0.717, 1.165) is 5.56 Å². The molecule has 0 aliphatic carbocycles. The molecule has 1 fully saturated rings. The maximum Gasteiger partial charge on any atom is 0.408 e. The Hall–Kier alpha value is -3.95. The molecule has 10 heteroatoms. The number of nitrogens with zero attached hydrogens (tertiary/aromatic N) is 1. The third-order valence-electron chi connectivity index (χ3n) is 6.81. The quantitative estimate of drug-likeness (QED) is 0.418. The van der Waals surface area contributed by atoms with Crippen LogP contribution in [-0.4, -0.2) is 59.5 Å². The van der Waals surface area contributed by atoms with Gasteiger partial charge >= 0.3 is 6.09 Å². The number of likely N-dealkylation sites (tertiary alicyclic amines) is 1. The Morgan fingerprint density at radius 2 is 1.56 bits per heavy atom. The highest BCUT2D eigenvalue weighted by atomic mass is 19.1. The molecule has 0 spiro atoms. The summed E-state index contributed by atoms with van der Waals surface area (Å²) in [7, 11) is 0. The van der Waals surface area contributed by atoms with Gasteiger partial charge in [-0.2, -0.15) is 0 Å². The summed E-state index contributed by atoms with van der Waals surface area (Å²) in [5.74, 6) is -1.84. The van der Waals surface area contributed by atoms with Gasteiger partial charge in [0.25, 0.3) is 0 Å². The van der Waals surface area contributed by atoms with Crippen molar-refractivity contribution in [1.29, 1.82) is 0 Å². The van der Waals surface area contributed by atoms with Crippen molar-refractivity contribution < 1.29 is 28.3 Å². The van der Waals surface area contributed by atoms with Gasteiger partial charge in [-0.1, -0.05) is 44.2 Å². The Morgan fingerprint density at radius 3 is 2.12 bits per heavy atom. The number of carbonyl (C=O) groups is 4. The summed E-state index contributed by atoms with van der Waals surface area (Å²) < 4.78 is 18.6. The number of carbonyl (C=O) groups excluding carboxylic acids is 4. The summed E-state index contributed by atoms with van der Waals surface area (Å²) in [6.45, 7) is 9.62. The lowest BCUT2D eigenvalue weighted by Crippen LogP contribution is -2.54. The molecule has 2 aromatic carbocycles. The molecule has 3 N–H and O–H groups in total. The van der Waals surface area contributed by atoms with Crippen molar-refractivity contribution in [2.24, 2.45) is 11.8 Å². The van der Waals surface area contributed by atoms with Crippen LogP contribution in [0.5, 0.6) is 0 Å². The van der Waals surface area contributed by atoms with E-state index < -0.39 is 29.6 Å². The molecule has 1 heterocycles. The Balaban J connectivity index is 1.59. The first-order chi connectivity index (χ1) is 19.3. The van der Waals surface area contributed by atoms with Crippen LogP contribution in [0.3, 0.4) is 0 Å². The monoisotopic (exact) mass is 568 g/mol. The number of hydrogen-bond acceptors (Lipinski definition) is 5. The average molecular weight is 569 g/mol. The van der Waals surface area contributed by atoms with Crippen molar-refractivity contribution >= 4 is 29.5 Å². The van der Waals surface area contributed by atoms with Crippen LogP contribution in [0.25, 0.3) is 0 Å². The zero-order valence-electron chi connectivity index (χ0n) is 24.4. The normalized spacial score (nSPS) is 15.5. The number of alkyl carbamates (subject to hydrolysis) is 1.